The highest BCUT2D eigenvalue weighted by Crippen LogP contribution is 2.33. The summed E-state index contributed by atoms with van der Waals surface area (Å²) in [5.41, 5.74) is 2.28. The highest BCUT2D eigenvalue weighted by molar-refractivity contribution is 9.10. The molecule has 2 aromatic carbocycles. The Labute approximate surface area is 125 Å². The number of carbonyl (C=O) groups is 1. The van der Waals surface area contributed by atoms with E-state index >= 15 is 0 Å². The Morgan fingerprint density at radius 2 is 2.10 bits per heavy atom. The quantitative estimate of drug-likeness (QED) is 0.805. The van der Waals surface area contributed by atoms with E-state index in [2.05, 4.69) is 15.9 Å². The molecule has 0 atom stereocenters. The van der Waals surface area contributed by atoms with Crippen molar-refractivity contribution < 1.29 is 14.3 Å². The van der Waals surface area contributed by atoms with Crippen LogP contribution in [0.3, 0.4) is 0 Å². The van der Waals surface area contributed by atoms with E-state index < -0.39 is 0 Å². The topological polar surface area (TPSA) is 35.5 Å². The number of benzene rings is 2. The Morgan fingerprint density at radius 3 is 2.90 bits per heavy atom. The number of fused-ring (bicyclic) bond motifs is 1. The Hall–Kier alpha value is -1.81. The fourth-order valence-corrected chi connectivity index (χ4v) is 2.77. The molecule has 0 saturated heterocycles. The molecule has 1 aliphatic heterocycles. The summed E-state index contributed by atoms with van der Waals surface area (Å²) in [5.74, 6) is 1.31. The first-order valence-corrected chi connectivity index (χ1v) is 7.13. The van der Waals surface area contributed by atoms with E-state index in [4.69, 9.17) is 9.47 Å². The van der Waals surface area contributed by atoms with E-state index in [1.165, 1.54) is 0 Å². The minimum atomic E-state index is -0.0606. The van der Waals surface area contributed by atoms with Gasteiger partial charge in [0.15, 0.2) is 5.78 Å². The Balaban J connectivity index is 2.08. The monoisotopic (exact) mass is 332 g/mol. The maximum Gasteiger partial charge on any atom is 0.198 e. The van der Waals surface area contributed by atoms with Crippen LogP contribution in [0.5, 0.6) is 11.5 Å². The summed E-state index contributed by atoms with van der Waals surface area (Å²) in [6, 6.07) is 11.1. The van der Waals surface area contributed by atoms with Crippen LogP contribution in [0.1, 0.15) is 21.5 Å². The molecule has 0 radical (unpaired) electrons. The van der Waals surface area contributed by atoms with Gasteiger partial charge in [-0.25, -0.2) is 0 Å². The largest absolute Gasteiger partial charge is 0.497 e. The van der Waals surface area contributed by atoms with Crippen LogP contribution in [0.4, 0.5) is 0 Å². The molecule has 3 nitrogen and oxygen atoms in total. The highest BCUT2D eigenvalue weighted by atomic mass is 79.9. The molecule has 3 rings (SSSR count). The van der Waals surface area contributed by atoms with Crippen molar-refractivity contribution >= 4 is 21.7 Å². The third-order valence-electron chi connectivity index (χ3n) is 3.38. The lowest BCUT2D eigenvalue weighted by Crippen LogP contribution is -2.05. The maximum absolute atomic E-state index is 12.7. The van der Waals surface area contributed by atoms with Gasteiger partial charge in [-0.05, 0) is 29.8 Å². The molecule has 0 bridgehead atoms. The average Bonchev–Trinajstić information content (AvgIpc) is 2.95. The van der Waals surface area contributed by atoms with Crippen molar-refractivity contribution in [3.8, 4) is 11.5 Å². The van der Waals surface area contributed by atoms with Crippen LogP contribution in [0.25, 0.3) is 0 Å². The summed E-state index contributed by atoms with van der Waals surface area (Å²) in [6.07, 6.45) is 0.857. The molecule has 1 aliphatic rings. The van der Waals surface area contributed by atoms with Crippen molar-refractivity contribution in [2.24, 2.45) is 0 Å². The standard InChI is InChI=1S/C16H13BrO3/c1-19-11-5-6-14(17)13(9-11)15(18)12-4-2-3-10-7-8-20-16(10)12/h2-6,9H,7-8H2,1H3. The van der Waals surface area contributed by atoms with Gasteiger partial charge in [0.05, 0.1) is 19.3 Å². The number of carbonyl (C=O) groups excluding carboxylic acids is 1. The third-order valence-corrected chi connectivity index (χ3v) is 4.07. The van der Waals surface area contributed by atoms with Crippen LogP contribution in [-0.2, 0) is 6.42 Å². The van der Waals surface area contributed by atoms with Gasteiger partial charge in [-0.2, -0.15) is 0 Å². The fourth-order valence-electron chi connectivity index (χ4n) is 2.34. The second-order valence-electron chi connectivity index (χ2n) is 4.57. The third kappa shape index (κ3) is 2.20. The first kappa shape index (κ1) is 13.2. The lowest BCUT2D eigenvalue weighted by molar-refractivity contribution is 0.103. The number of methoxy groups -OCH3 is 1. The maximum atomic E-state index is 12.7. The van der Waals surface area contributed by atoms with E-state index in [0.29, 0.717) is 29.2 Å². The van der Waals surface area contributed by atoms with Gasteiger partial charge in [-0.3, -0.25) is 4.79 Å². The molecule has 0 amide bonds. The van der Waals surface area contributed by atoms with Crippen LogP contribution in [0.2, 0.25) is 0 Å². The number of hydrogen-bond acceptors (Lipinski definition) is 3. The van der Waals surface area contributed by atoms with E-state index in [1.54, 1.807) is 19.2 Å². The molecule has 4 heteroatoms. The van der Waals surface area contributed by atoms with Crippen LogP contribution in [-0.4, -0.2) is 19.5 Å². The van der Waals surface area contributed by atoms with Crippen molar-refractivity contribution in [1.82, 2.24) is 0 Å². The molecule has 0 aliphatic carbocycles. The minimum Gasteiger partial charge on any atom is -0.497 e. The number of ether oxygens (including phenoxy) is 2. The Morgan fingerprint density at radius 1 is 1.25 bits per heavy atom. The van der Waals surface area contributed by atoms with Crippen molar-refractivity contribution in [2.75, 3.05) is 13.7 Å². The summed E-state index contributed by atoms with van der Waals surface area (Å²) < 4.78 is 11.5. The number of halogens is 1. The smallest absolute Gasteiger partial charge is 0.198 e. The average molecular weight is 333 g/mol. The zero-order chi connectivity index (χ0) is 14.1. The van der Waals surface area contributed by atoms with E-state index in [1.807, 2.05) is 24.3 Å². The first-order valence-electron chi connectivity index (χ1n) is 6.33. The molecule has 20 heavy (non-hydrogen) atoms. The van der Waals surface area contributed by atoms with Crippen molar-refractivity contribution in [3.63, 3.8) is 0 Å². The predicted octanol–water partition coefficient (Wildman–Crippen LogP) is 3.62. The fraction of sp³-hybridized carbons (Fsp3) is 0.188. The summed E-state index contributed by atoms with van der Waals surface area (Å²) in [4.78, 5) is 12.7. The van der Waals surface area contributed by atoms with Crippen LogP contribution >= 0.6 is 15.9 Å². The van der Waals surface area contributed by atoms with Gasteiger partial charge in [-0.15, -0.1) is 0 Å². The first-order chi connectivity index (χ1) is 9.70. The van der Waals surface area contributed by atoms with Crippen molar-refractivity contribution in [1.29, 1.82) is 0 Å². The van der Waals surface area contributed by atoms with Gasteiger partial charge in [0, 0.05) is 16.5 Å². The number of para-hydroxylation sites is 1. The zero-order valence-electron chi connectivity index (χ0n) is 11.0. The zero-order valence-corrected chi connectivity index (χ0v) is 12.6. The highest BCUT2D eigenvalue weighted by Gasteiger charge is 2.22. The van der Waals surface area contributed by atoms with E-state index in [9.17, 15) is 4.79 Å². The minimum absolute atomic E-state index is 0.0606. The number of hydrogen-bond donors (Lipinski definition) is 0. The lowest BCUT2D eigenvalue weighted by Gasteiger charge is -2.09. The molecule has 0 spiro atoms. The Bertz CT molecular complexity index is 679. The van der Waals surface area contributed by atoms with Crippen molar-refractivity contribution in [3.05, 3.63) is 57.6 Å². The molecular formula is C16H13BrO3. The molecular weight excluding hydrogens is 320 g/mol. The van der Waals surface area contributed by atoms with Gasteiger partial charge < -0.3 is 9.47 Å². The number of ketones is 1. The molecule has 2 aromatic rings. The van der Waals surface area contributed by atoms with Crippen LogP contribution < -0.4 is 9.47 Å². The number of rotatable bonds is 3. The molecule has 0 fully saturated rings. The second-order valence-corrected chi connectivity index (χ2v) is 5.42. The lowest BCUT2D eigenvalue weighted by atomic mass is 9.99. The van der Waals surface area contributed by atoms with Gasteiger partial charge in [0.2, 0.25) is 0 Å². The molecule has 102 valence electrons. The van der Waals surface area contributed by atoms with Crippen LogP contribution in [0.15, 0.2) is 40.9 Å². The summed E-state index contributed by atoms with van der Waals surface area (Å²) in [7, 11) is 1.58. The SMILES string of the molecule is COc1ccc(Br)c(C(=O)c2cccc3c2OCC3)c1. The van der Waals surface area contributed by atoms with Gasteiger partial charge in [0.25, 0.3) is 0 Å². The van der Waals surface area contributed by atoms with E-state index in [0.717, 1.165) is 16.5 Å². The summed E-state index contributed by atoms with van der Waals surface area (Å²) in [6.45, 7) is 0.638. The van der Waals surface area contributed by atoms with Gasteiger partial charge in [0.1, 0.15) is 11.5 Å². The summed E-state index contributed by atoms with van der Waals surface area (Å²) >= 11 is 3.42. The van der Waals surface area contributed by atoms with Gasteiger partial charge >= 0.3 is 0 Å². The van der Waals surface area contributed by atoms with Crippen molar-refractivity contribution in [2.45, 2.75) is 6.42 Å². The molecule has 0 saturated carbocycles. The molecule has 1 heterocycles. The molecule has 0 aromatic heterocycles. The molecule has 0 unspecified atom stereocenters. The normalized spacial score (nSPS) is 12.7. The van der Waals surface area contributed by atoms with Crippen LogP contribution in [0, 0.1) is 0 Å². The Kier molecular flexibility index (Phi) is 3.49. The van der Waals surface area contributed by atoms with Gasteiger partial charge in [-0.1, -0.05) is 28.1 Å². The predicted molar refractivity (Wildman–Crippen MR) is 79.8 cm³/mol. The second kappa shape index (κ2) is 5.29. The van der Waals surface area contributed by atoms with E-state index in [-0.39, 0.29) is 5.78 Å². The molecule has 0 N–H and O–H groups in total. The summed E-state index contributed by atoms with van der Waals surface area (Å²) in [5, 5.41) is 0.